The van der Waals surface area contributed by atoms with E-state index >= 15 is 0 Å². The fourth-order valence-corrected chi connectivity index (χ4v) is 3.48. The molecule has 0 bridgehead atoms. The van der Waals surface area contributed by atoms with E-state index in [1.54, 1.807) is 11.8 Å². The van der Waals surface area contributed by atoms with Crippen LogP contribution < -0.4 is 10.1 Å². The number of hydrogen-bond donors (Lipinski definition) is 1. The number of rotatable bonds is 9. The molecule has 1 N–H and O–H groups in total. The Kier molecular flexibility index (Phi) is 6.68. The lowest BCUT2D eigenvalue weighted by molar-refractivity contribution is -0.139. The van der Waals surface area contributed by atoms with Crippen molar-refractivity contribution < 1.29 is 14.3 Å². The average Bonchev–Trinajstić information content (AvgIpc) is 3.17. The molecule has 0 fully saturated rings. The molecule has 1 aromatic heterocycles. The highest BCUT2D eigenvalue weighted by Gasteiger charge is 2.35. The molecule has 7 nitrogen and oxygen atoms in total. The highest BCUT2D eigenvalue weighted by atomic mass is 16.5. The maximum atomic E-state index is 13.0. The number of fused-ring (bicyclic) bond motifs is 1. The largest absolute Gasteiger partial charge is 0.496 e. The van der Waals surface area contributed by atoms with Crippen molar-refractivity contribution in [3.05, 3.63) is 47.4 Å². The molecule has 2 heterocycles. The van der Waals surface area contributed by atoms with E-state index in [9.17, 15) is 4.79 Å². The van der Waals surface area contributed by atoms with Gasteiger partial charge in [0.05, 0.1) is 19.3 Å². The molecule has 7 heteroatoms. The number of ether oxygens (including phenoxy) is 2. The Labute approximate surface area is 165 Å². The minimum Gasteiger partial charge on any atom is -0.496 e. The van der Waals surface area contributed by atoms with E-state index in [0.717, 1.165) is 18.4 Å². The summed E-state index contributed by atoms with van der Waals surface area (Å²) in [5, 5.41) is 7.49. The Balaban J connectivity index is 1.84. The predicted molar refractivity (Wildman–Crippen MR) is 107 cm³/mol. The van der Waals surface area contributed by atoms with E-state index in [0.29, 0.717) is 29.6 Å². The van der Waals surface area contributed by atoms with E-state index in [1.807, 2.05) is 31.2 Å². The van der Waals surface area contributed by atoms with Gasteiger partial charge in [-0.2, -0.15) is 10.1 Å². The normalized spacial score (nSPS) is 15.8. The first-order valence-electron chi connectivity index (χ1n) is 9.84. The molecule has 1 aliphatic rings. The topological polar surface area (TPSA) is 78.3 Å². The summed E-state index contributed by atoms with van der Waals surface area (Å²) in [6.45, 7) is 4.46. The SMILES string of the molecule is CCCCCCCOC(=O)C1=C(C)Nc2ncnn2C1c1ccccc1OC. The Hall–Kier alpha value is -2.83. The Bertz CT molecular complexity index is 844. The van der Waals surface area contributed by atoms with Crippen molar-refractivity contribution in [1.29, 1.82) is 0 Å². The molecule has 0 spiro atoms. The van der Waals surface area contributed by atoms with Gasteiger partial charge in [-0.15, -0.1) is 0 Å². The molecule has 1 atom stereocenters. The fourth-order valence-electron chi connectivity index (χ4n) is 3.48. The van der Waals surface area contributed by atoms with Crippen LogP contribution in [0.5, 0.6) is 5.75 Å². The van der Waals surface area contributed by atoms with E-state index < -0.39 is 6.04 Å². The zero-order valence-electron chi connectivity index (χ0n) is 16.8. The highest BCUT2D eigenvalue weighted by molar-refractivity contribution is 5.92. The first kappa shape index (κ1) is 19.9. The molecule has 0 aliphatic carbocycles. The van der Waals surface area contributed by atoms with Gasteiger partial charge in [0, 0.05) is 11.3 Å². The van der Waals surface area contributed by atoms with E-state index in [2.05, 4.69) is 22.3 Å². The standard InChI is InChI=1S/C21H28N4O3/c1-4-5-6-7-10-13-28-20(26)18-15(2)24-21-22-14-23-25(21)19(18)16-11-8-9-12-17(16)27-3/h8-9,11-12,14,19H,4-7,10,13H2,1-3H3,(H,22,23,24). The van der Waals surface area contributed by atoms with Gasteiger partial charge in [0.1, 0.15) is 18.1 Å². The number of esters is 1. The number of unbranched alkanes of at least 4 members (excludes halogenated alkanes) is 4. The van der Waals surface area contributed by atoms with Crippen LogP contribution in [0.3, 0.4) is 0 Å². The summed E-state index contributed by atoms with van der Waals surface area (Å²) in [4.78, 5) is 17.2. The Morgan fingerprint density at radius 3 is 2.79 bits per heavy atom. The van der Waals surface area contributed by atoms with Crippen molar-refractivity contribution in [3.63, 3.8) is 0 Å². The maximum absolute atomic E-state index is 13.0. The van der Waals surface area contributed by atoms with Crippen molar-refractivity contribution in [2.24, 2.45) is 0 Å². The summed E-state index contributed by atoms with van der Waals surface area (Å²) >= 11 is 0. The van der Waals surface area contributed by atoms with Crippen LogP contribution >= 0.6 is 0 Å². The van der Waals surface area contributed by atoms with Crippen molar-refractivity contribution in [1.82, 2.24) is 14.8 Å². The molecule has 150 valence electrons. The highest BCUT2D eigenvalue weighted by Crippen LogP contribution is 2.38. The molecule has 0 saturated carbocycles. The maximum Gasteiger partial charge on any atom is 0.338 e. The second kappa shape index (κ2) is 9.39. The third kappa shape index (κ3) is 4.18. The van der Waals surface area contributed by atoms with Crippen molar-refractivity contribution in [2.45, 2.75) is 52.0 Å². The minimum absolute atomic E-state index is 0.336. The molecule has 2 aromatic rings. The summed E-state index contributed by atoms with van der Waals surface area (Å²) in [5.74, 6) is 0.940. The molecule has 1 aromatic carbocycles. The van der Waals surface area contributed by atoms with E-state index in [4.69, 9.17) is 9.47 Å². The number of benzene rings is 1. The van der Waals surface area contributed by atoms with Crippen LogP contribution in [0.4, 0.5) is 5.95 Å². The van der Waals surface area contributed by atoms with Gasteiger partial charge in [-0.3, -0.25) is 0 Å². The number of nitrogens with one attached hydrogen (secondary N) is 1. The summed E-state index contributed by atoms with van der Waals surface area (Å²) in [6, 6.07) is 7.17. The minimum atomic E-state index is -0.456. The summed E-state index contributed by atoms with van der Waals surface area (Å²) < 4.78 is 12.8. The third-order valence-corrected chi connectivity index (χ3v) is 4.93. The number of para-hydroxylation sites is 1. The van der Waals surface area contributed by atoms with Gasteiger partial charge in [0.15, 0.2) is 0 Å². The van der Waals surface area contributed by atoms with Gasteiger partial charge in [0.2, 0.25) is 5.95 Å². The smallest absolute Gasteiger partial charge is 0.338 e. The van der Waals surface area contributed by atoms with Crippen LogP contribution in [-0.4, -0.2) is 34.5 Å². The van der Waals surface area contributed by atoms with Crippen molar-refractivity contribution in [3.8, 4) is 5.75 Å². The lowest BCUT2D eigenvalue weighted by atomic mass is 9.95. The third-order valence-electron chi connectivity index (χ3n) is 4.93. The first-order valence-corrected chi connectivity index (χ1v) is 9.84. The van der Waals surface area contributed by atoms with Crippen LogP contribution in [0.1, 0.15) is 57.6 Å². The number of allylic oxidation sites excluding steroid dienone is 1. The molecular formula is C21H28N4O3. The molecule has 1 aliphatic heterocycles. The van der Waals surface area contributed by atoms with Gasteiger partial charge < -0.3 is 14.8 Å². The van der Waals surface area contributed by atoms with Crippen LogP contribution in [-0.2, 0) is 9.53 Å². The van der Waals surface area contributed by atoms with Crippen molar-refractivity contribution >= 4 is 11.9 Å². The Morgan fingerprint density at radius 1 is 1.21 bits per heavy atom. The number of anilines is 1. The molecular weight excluding hydrogens is 356 g/mol. The number of aromatic nitrogens is 3. The van der Waals surface area contributed by atoms with Gasteiger partial charge in [0.25, 0.3) is 0 Å². The number of carbonyl (C=O) groups is 1. The number of carbonyl (C=O) groups excluding carboxylic acids is 1. The molecule has 0 amide bonds. The monoisotopic (exact) mass is 384 g/mol. The van der Waals surface area contributed by atoms with Crippen LogP contribution in [0.15, 0.2) is 41.9 Å². The van der Waals surface area contributed by atoms with Gasteiger partial charge in [-0.1, -0.05) is 50.8 Å². The molecule has 28 heavy (non-hydrogen) atoms. The second-order valence-electron chi connectivity index (χ2n) is 6.89. The van der Waals surface area contributed by atoms with Gasteiger partial charge in [-0.05, 0) is 19.4 Å². The molecule has 1 unspecified atom stereocenters. The number of hydrogen-bond acceptors (Lipinski definition) is 6. The summed E-state index contributed by atoms with van der Waals surface area (Å²) in [7, 11) is 1.62. The van der Waals surface area contributed by atoms with Crippen LogP contribution in [0.2, 0.25) is 0 Å². The average molecular weight is 384 g/mol. The number of nitrogens with zero attached hydrogens (tertiary/aromatic N) is 3. The Morgan fingerprint density at radius 2 is 2.00 bits per heavy atom. The summed E-state index contributed by atoms with van der Waals surface area (Å²) in [5.41, 5.74) is 2.08. The van der Waals surface area contributed by atoms with E-state index in [1.165, 1.54) is 25.6 Å². The fraction of sp³-hybridized carbons (Fsp3) is 0.476. The van der Waals surface area contributed by atoms with Gasteiger partial charge in [-0.25, -0.2) is 9.48 Å². The second-order valence-corrected chi connectivity index (χ2v) is 6.89. The zero-order valence-corrected chi connectivity index (χ0v) is 16.8. The zero-order chi connectivity index (χ0) is 19.9. The first-order chi connectivity index (χ1) is 13.7. The molecule has 0 radical (unpaired) electrons. The van der Waals surface area contributed by atoms with Crippen LogP contribution in [0, 0.1) is 0 Å². The van der Waals surface area contributed by atoms with Gasteiger partial charge >= 0.3 is 5.97 Å². The molecule has 3 rings (SSSR count). The van der Waals surface area contributed by atoms with Crippen LogP contribution in [0.25, 0.3) is 0 Å². The van der Waals surface area contributed by atoms with Crippen molar-refractivity contribution in [2.75, 3.05) is 19.0 Å². The number of methoxy groups -OCH3 is 1. The lowest BCUT2D eigenvalue weighted by Gasteiger charge is -2.29. The quantitative estimate of drug-likeness (QED) is 0.518. The lowest BCUT2D eigenvalue weighted by Crippen LogP contribution is -2.30. The van der Waals surface area contributed by atoms with E-state index in [-0.39, 0.29) is 5.97 Å². The summed E-state index contributed by atoms with van der Waals surface area (Å²) in [6.07, 6.45) is 6.99. The predicted octanol–water partition coefficient (Wildman–Crippen LogP) is 4.09. The molecule has 0 saturated heterocycles.